The Kier molecular flexibility index (Phi) is 4.55. The summed E-state index contributed by atoms with van der Waals surface area (Å²) in [5.74, 6) is 0. The first-order valence-electron chi connectivity index (χ1n) is 7.95. The van der Waals surface area contributed by atoms with Crippen molar-refractivity contribution >= 4 is 49.8 Å². The highest BCUT2D eigenvalue weighted by Crippen LogP contribution is 2.30. The van der Waals surface area contributed by atoms with Gasteiger partial charge in [0, 0.05) is 26.7 Å². The van der Waals surface area contributed by atoms with Gasteiger partial charge < -0.3 is 0 Å². The number of H-pyrrole nitrogens is 1. The summed E-state index contributed by atoms with van der Waals surface area (Å²) in [7, 11) is -3.84. The third-order valence-corrected chi connectivity index (χ3v) is 5.81. The van der Waals surface area contributed by atoms with Crippen molar-refractivity contribution in [2.45, 2.75) is 4.90 Å². The van der Waals surface area contributed by atoms with Crippen LogP contribution in [-0.2, 0) is 10.0 Å². The van der Waals surface area contributed by atoms with Crippen LogP contribution in [0.15, 0.2) is 71.6 Å². The minimum absolute atomic E-state index is 0.00410. The molecule has 136 valence electrons. The molecule has 27 heavy (non-hydrogen) atoms. The maximum Gasteiger partial charge on any atom is 0.261 e. The number of aromatic nitrogens is 2. The first-order valence-corrected chi connectivity index (χ1v) is 10.2. The van der Waals surface area contributed by atoms with Crippen LogP contribution in [0, 0.1) is 0 Å². The number of fused-ring (bicyclic) bond motifs is 1. The summed E-state index contributed by atoms with van der Waals surface area (Å²) >= 11 is 11.8. The Morgan fingerprint density at radius 1 is 0.889 bits per heavy atom. The van der Waals surface area contributed by atoms with Crippen molar-refractivity contribution in [3.63, 3.8) is 0 Å². The van der Waals surface area contributed by atoms with E-state index in [9.17, 15) is 8.42 Å². The van der Waals surface area contributed by atoms with Gasteiger partial charge in [-0.15, -0.1) is 0 Å². The van der Waals surface area contributed by atoms with Crippen LogP contribution < -0.4 is 4.72 Å². The van der Waals surface area contributed by atoms with Crippen molar-refractivity contribution in [1.29, 1.82) is 0 Å². The molecule has 0 unspecified atom stereocenters. The molecule has 0 saturated heterocycles. The SMILES string of the molecule is O=S(=O)(Nc1ccc2[nH]nc(-c3ccccc3)c2c1)c1cc(Cl)cc(Cl)c1. The first-order chi connectivity index (χ1) is 12.9. The molecule has 1 aromatic heterocycles. The Bertz CT molecular complexity index is 1220. The smallest absolute Gasteiger partial charge is 0.261 e. The van der Waals surface area contributed by atoms with Crippen LogP contribution in [-0.4, -0.2) is 18.6 Å². The molecule has 0 aliphatic carbocycles. The zero-order valence-electron chi connectivity index (χ0n) is 13.8. The first kappa shape index (κ1) is 17.9. The lowest BCUT2D eigenvalue weighted by Gasteiger charge is -2.09. The van der Waals surface area contributed by atoms with E-state index in [1.807, 2.05) is 30.3 Å². The molecule has 0 spiro atoms. The molecule has 0 saturated carbocycles. The molecule has 0 bridgehead atoms. The summed E-state index contributed by atoms with van der Waals surface area (Å²) in [6.45, 7) is 0. The highest BCUT2D eigenvalue weighted by atomic mass is 35.5. The molecule has 0 aliphatic rings. The molecule has 2 N–H and O–H groups in total. The van der Waals surface area contributed by atoms with E-state index >= 15 is 0 Å². The summed E-state index contributed by atoms with van der Waals surface area (Å²) in [5.41, 5.74) is 2.91. The predicted octanol–water partition coefficient (Wildman–Crippen LogP) is 5.34. The molecule has 0 amide bonds. The standard InChI is InChI=1S/C19H13Cl2N3O2S/c20-13-8-14(21)10-16(9-13)27(25,26)24-15-6-7-18-17(11-15)19(23-22-18)12-4-2-1-3-5-12/h1-11,24H,(H,22,23). The molecular formula is C19H13Cl2N3O2S. The topological polar surface area (TPSA) is 74.8 Å². The number of nitrogens with one attached hydrogen (secondary N) is 2. The normalized spacial score (nSPS) is 11.6. The van der Waals surface area contributed by atoms with Gasteiger partial charge in [0.1, 0.15) is 0 Å². The van der Waals surface area contributed by atoms with E-state index in [0.717, 1.165) is 22.2 Å². The summed E-state index contributed by atoms with van der Waals surface area (Å²) in [4.78, 5) is -0.00410. The average Bonchev–Trinajstić information content (AvgIpc) is 3.04. The number of hydrogen-bond donors (Lipinski definition) is 2. The van der Waals surface area contributed by atoms with Gasteiger partial charge >= 0.3 is 0 Å². The molecular weight excluding hydrogens is 405 g/mol. The predicted molar refractivity (Wildman–Crippen MR) is 109 cm³/mol. The number of anilines is 1. The number of nitrogens with zero attached hydrogens (tertiary/aromatic N) is 1. The van der Waals surface area contributed by atoms with E-state index in [2.05, 4.69) is 14.9 Å². The minimum Gasteiger partial charge on any atom is -0.280 e. The third kappa shape index (κ3) is 3.64. The summed E-state index contributed by atoms with van der Waals surface area (Å²) < 4.78 is 27.9. The lowest BCUT2D eigenvalue weighted by molar-refractivity contribution is 0.601. The van der Waals surface area contributed by atoms with Crippen LogP contribution in [0.5, 0.6) is 0 Å². The molecule has 4 rings (SSSR count). The lowest BCUT2D eigenvalue weighted by Crippen LogP contribution is -2.12. The van der Waals surface area contributed by atoms with Crippen molar-refractivity contribution < 1.29 is 8.42 Å². The van der Waals surface area contributed by atoms with Crippen molar-refractivity contribution in [3.8, 4) is 11.3 Å². The Hall–Kier alpha value is -2.54. The highest BCUT2D eigenvalue weighted by molar-refractivity contribution is 7.92. The molecule has 0 atom stereocenters. The number of sulfonamides is 1. The Morgan fingerprint density at radius 2 is 1.59 bits per heavy atom. The molecule has 4 aromatic rings. The van der Waals surface area contributed by atoms with Crippen LogP contribution in [0.25, 0.3) is 22.2 Å². The van der Waals surface area contributed by atoms with Gasteiger partial charge in [0.25, 0.3) is 10.0 Å². The fraction of sp³-hybridized carbons (Fsp3) is 0. The fourth-order valence-corrected chi connectivity index (χ4v) is 4.57. The minimum atomic E-state index is -3.84. The monoisotopic (exact) mass is 417 g/mol. The van der Waals surface area contributed by atoms with E-state index < -0.39 is 10.0 Å². The number of benzene rings is 3. The molecule has 3 aromatic carbocycles. The quantitative estimate of drug-likeness (QED) is 0.470. The zero-order valence-corrected chi connectivity index (χ0v) is 16.1. The molecule has 0 fully saturated rings. The van der Waals surface area contributed by atoms with E-state index in [1.54, 1.807) is 18.2 Å². The van der Waals surface area contributed by atoms with Gasteiger partial charge in [-0.2, -0.15) is 5.10 Å². The van der Waals surface area contributed by atoms with Gasteiger partial charge in [-0.25, -0.2) is 8.42 Å². The number of hydrogen-bond acceptors (Lipinski definition) is 3. The third-order valence-electron chi connectivity index (χ3n) is 4.01. The maximum atomic E-state index is 12.7. The lowest BCUT2D eigenvalue weighted by atomic mass is 10.1. The van der Waals surface area contributed by atoms with Gasteiger partial charge in [-0.1, -0.05) is 53.5 Å². The maximum absolute atomic E-state index is 12.7. The second-order valence-corrected chi connectivity index (χ2v) is 8.46. The highest BCUT2D eigenvalue weighted by Gasteiger charge is 2.17. The van der Waals surface area contributed by atoms with Crippen LogP contribution in [0.2, 0.25) is 10.0 Å². The van der Waals surface area contributed by atoms with Gasteiger partial charge in [0.05, 0.1) is 16.1 Å². The Morgan fingerprint density at radius 3 is 2.30 bits per heavy atom. The largest absolute Gasteiger partial charge is 0.280 e. The van der Waals surface area contributed by atoms with Gasteiger partial charge in [-0.3, -0.25) is 9.82 Å². The molecule has 5 nitrogen and oxygen atoms in total. The van der Waals surface area contributed by atoms with Crippen LogP contribution in [0.4, 0.5) is 5.69 Å². The molecule has 0 radical (unpaired) electrons. The zero-order chi connectivity index (χ0) is 19.0. The van der Waals surface area contributed by atoms with E-state index in [0.29, 0.717) is 5.69 Å². The second kappa shape index (κ2) is 6.88. The van der Waals surface area contributed by atoms with Crippen LogP contribution in [0.3, 0.4) is 0 Å². The number of aromatic amines is 1. The van der Waals surface area contributed by atoms with E-state index in [-0.39, 0.29) is 14.9 Å². The van der Waals surface area contributed by atoms with Gasteiger partial charge in [0.15, 0.2) is 0 Å². The van der Waals surface area contributed by atoms with Gasteiger partial charge in [0.2, 0.25) is 0 Å². The molecule has 1 heterocycles. The van der Waals surface area contributed by atoms with Crippen molar-refractivity contribution in [2.75, 3.05) is 4.72 Å². The summed E-state index contributed by atoms with van der Waals surface area (Å²) in [5, 5.41) is 8.62. The van der Waals surface area contributed by atoms with Gasteiger partial charge in [-0.05, 0) is 36.4 Å². The van der Waals surface area contributed by atoms with Crippen molar-refractivity contribution in [3.05, 3.63) is 76.8 Å². The Labute approximate surface area is 166 Å². The summed E-state index contributed by atoms with van der Waals surface area (Å²) in [6, 6.07) is 19.0. The van der Waals surface area contributed by atoms with Crippen molar-refractivity contribution in [1.82, 2.24) is 10.2 Å². The van der Waals surface area contributed by atoms with Crippen LogP contribution >= 0.6 is 23.2 Å². The fourth-order valence-electron chi connectivity index (χ4n) is 2.79. The number of halogens is 2. The molecule has 0 aliphatic heterocycles. The Balaban J connectivity index is 1.74. The summed E-state index contributed by atoms with van der Waals surface area (Å²) in [6.07, 6.45) is 0. The average molecular weight is 418 g/mol. The van der Waals surface area contributed by atoms with Crippen LogP contribution in [0.1, 0.15) is 0 Å². The molecule has 8 heteroatoms. The van der Waals surface area contributed by atoms with Crippen molar-refractivity contribution in [2.24, 2.45) is 0 Å². The van der Waals surface area contributed by atoms with E-state index in [4.69, 9.17) is 23.2 Å². The number of rotatable bonds is 4. The second-order valence-electron chi connectivity index (χ2n) is 5.91. The van der Waals surface area contributed by atoms with E-state index in [1.165, 1.54) is 18.2 Å².